The van der Waals surface area contributed by atoms with Gasteiger partial charge in [0.05, 0.1) is 12.1 Å². The van der Waals surface area contributed by atoms with Crippen molar-refractivity contribution in [2.45, 2.75) is 12.8 Å². The monoisotopic (exact) mass is 412 g/mol. The third kappa shape index (κ3) is 3.99. The summed E-state index contributed by atoms with van der Waals surface area (Å²) in [6.45, 7) is 0. The minimum atomic E-state index is -0.786. The second-order valence-corrected chi connectivity index (χ2v) is 7.27. The number of nitrogens with zero attached hydrogens (tertiary/aromatic N) is 2. The van der Waals surface area contributed by atoms with Gasteiger partial charge in [0.25, 0.3) is 0 Å². The van der Waals surface area contributed by atoms with Gasteiger partial charge in [0.15, 0.2) is 0 Å². The van der Waals surface area contributed by atoms with E-state index in [1.54, 1.807) is 0 Å². The van der Waals surface area contributed by atoms with Crippen LogP contribution in [-0.4, -0.2) is 29.7 Å². The molecule has 0 saturated heterocycles. The Morgan fingerprint density at radius 2 is 1.65 bits per heavy atom. The van der Waals surface area contributed by atoms with Gasteiger partial charge in [-0.05, 0) is 60.5 Å². The third-order valence-electron chi connectivity index (χ3n) is 4.32. The molecule has 0 aliphatic carbocycles. The van der Waals surface area contributed by atoms with Crippen LogP contribution in [0.25, 0.3) is 16.9 Å². The molecule has 0 aliphatic rings. The van der Waals surface area contributed by atoms with Crippen molar-refractivity contribution in [2.75, 3.05) is 19.0 Å². The summed E-state index contributed by atoms with van der Waals surface area (Å²) in [6.07, 6.45) is 0.598. The number of aromatic nitrogens is 1. The number of anilines is 1. The maximum atomic E-state index is 11.0. The number of hydrogen-bond acceptors (Lipinski definition) is 2. The molecule has 1 aromatic heterocycles. The topological polar surface area (TPSA) is 45.5 Å². The zero-order valence-corrected chi connectivity index (χ0v) is 16.4. The Bertz CT molecular complexity index is 897. The molecule has 0 radical (unpaired) electrons. The number of carboxylic acid groups (broad SMARTS) is 1. The highest BCUT2D eigenvalue weighted by molar-refractivity contribution is 9.10. The first-order valence-corrected chi connectivity index (χ1v) is 9.21. The van der Waals surface area contributed by atoms with E-state index in [2.05, 4.69) is 67.9 Å². The maximum Gasteiger partial charge on any atom is 0.303 e. The van der Waals surface area contributed by atoms with Crippen molar-refractivity contribution in [3.63, 3.8) is 0 Å². The Labute approximate surface area is 161 Å². The Kier molecular flexibility index (Phi) is 5.47. The predicted molar refractivity (Wildman–Crippen MR) is 109 cm³/mol. The first kappa shape index (κ1) is 18.3. The molecule has 0 amide bonds. The molecular formula is C21H21BrN2O2. The summed E-state index contributed by atoms with van der Waals surface area (Å²) in [7, 11) is 4.02. The first-order chi connectivity index (χ1) is 12.5. The maximum absolute atomic E-state index is 11.0. The van der Waals surface area contributed by atoms with E-state index < -0.39 is 5.97 Å². The lowest BCUT2D eigenvalue weighted by Gasteiger charge is -2.17. The normalized spacial score (nSPS) is 10.7. The lowest BCUT2D eigenvalue weighted by atomic mass is 10.1. The molecule has 0 atom stereocenters. The molecule has 0 aliphatic heterocycles. The quantitative estimate of drug-likeness (QED) is 0.619. The van der Waals surface area contributed by atoms with Crippen LogP contribution in [0.3, 0.4) is 0 Å². The van der Waals surface area contributed by atoms with Gasteiger partial charge in [-0.1, -0.05) is 28.1 Å². The van der Waals surface area contributed by atoms with E-state index >= 15 is 0 Å². The van der Waals surface area contributed by atoms with Gasteiger partial charge in [-0.25, -0.2) is 0 Å². The van der Waals surface area contributed by atoms with Crippen LogP contribution in [-0.2, 0) is 11.2 Å². The molecule has 134 valence electrons. The molecule has 1 heterocycles. The molecule has 0 bridgehead atoms. The van der Waals surface area contributed by atoms with E-state index in [0.717, 1.165) is 32.8 Å². The molecule has 0 spiro atoms. The van der Waals surface area contributed by atoms with E-state index in [1.807, 2.05) is 32.3 Å². The van der Waals surface area contributed by atoms with Gasteiger partial charge < -0.3 is 14.6 Å². The van der Waals surface area contributed by atoms with Crippen molar-refractivity contribution in [3.8, 4) is 16.9 Å². The van der Waals surface area contributed by atoms with Crippen LogP contribution in [0.5, 0.6) is 0 Å². The van der Waals surface area contributed by atoms with Crippen molar-refractivity contribution >= 4 is 27.6 Å². The Balaban J connectivity index is 2.07. The lowest BCUT2D eigenvalue weighted by molar-refractivity contribution is -0.136. The van der Waals surface area contributed by atoms with Crippen molar-refractivity contribution in [1.82, 2.24) is 4.57 Å². The molecule has 26 heavy (non-hydrogen) atoms. The summed E-state index contributed by atoms with van der Waals surface area (Å²) in [5.41, 5.74) is 5.28. The molecule has 1 N–H and O–H groups in total. The standard InChI is InChI=1S/C21H21BrN2O2/c1-23(2)17-7-9-18(10-8-17)24-19(12-14-21(25)26)11-13-20(24)15-3-5-16(22)6-4-15/h3-11,13H,12,14H2,1-2H3,(H,25,26). The zero-order valence-electron chi connectivity index (χ0n) is 14.8. The minimum Gasteiger partial charge on any atom is -0.481 e. The molecule has 5 heteroatoms. The van der Waals surface area contributed by atoms with Gasteiger partial charge in [-0.2, -0.15) is 0 Å². The van der Waals surface area contributed by atoms with Gasteiger partial charge in [0.1, 0.15) is 0 Å². The Morgan fingerprint density at radius 3 is 2.23 bits per heavy atom. The molecular weight excluding hydrogens is 392 g/mol. The Hall–Kier alpha value is -2.53. The summed E-state index contributed by atoms with van der Waals surface area (Å²) in [5, 5.41) is 9.07. The van der Waals surface area contributed by atoms with Crippen molar-refractivity contribution in [2.24, 2.45) is 0 Å². The highest BCUT2D eigenvalue weighted by atomic mass is 79.9. The number of carboxylic acids is 1. The first-order valence-electron chi connectivity index (χ1n) is 8.42. The van der Waals surface area contributed by atoms with Gasteiger partial charge in [0, 0.05) is 35.6 Å². The number of halogens is 1. The van der Waals surface area contributed by atoms with Crippen molar-refractivity contribution in [3.05, 3.63) is 70.8 Å². The summed E-state index contributed by atoms with van der Waals surface area (Å²) in [5.74, 6) is -0.786. The number of aliphatic carboxylic acids is 1. The SMILES string of the molecule is CN(C)c1ccc(-n2c(CCC(=O)O)ccc2-c2ccc(Br)cc2)cc1. The van der Waals surface area contributed by atoms with Gasteiger partial charge in [-0.3, -0.25) is 4.79 Å². The number of aryl methyl sites for hydroxylation is 1. The number of carbonyl (C=O) groups is 1. The molecule has 3 aromatic rings. The Morgan fingerprint density at radius 1 is 1.00 bits per heavy atom. The van der Waals surface area contributed by atoms with Crippen LogP contribution >= 0.6 is 15.9 Å². The van der Waals surface area contributed by atoms with E-state index in [1.165, 1.54) is 0 Å². The van der Waals surface area contributed by atoms with Crippen LogP contribution in [0.15, 0.2) is 65.1 Å². The summed E-state index contributed by atoms with van der Waals surface area (Å²) >= 11 is 3.47. The molecule has 0 saturated carbocycles. The van der Waals surface area contributed by atoms with Crippen LogP contribution < -0.4 is 4.90 Å². The molecule has 2 aromatic carbocycles. The van der Waals surface area contributed by atoms with Gasteiger partial charge in [-0.15, -0.1) is 0 Å². The zero-order chi connectivity index (χ0) is 18.7. The van der Waals surface area contributed by atoms with E-state index in [9.17, 15) is 4.79 Å². The second kappa shape index (κ2) is 7.79. The fourth-order valence-corrected chi connectivity index (χ4v) is 3.22. The molecule has 0 fully saturated rings. The minimum absolute atomic E-state index is 0.111. The number of rotatable bonds is 6. The summed E-state index contributed by atoms with van der Waals surface area (Å²) < 4.78 is 3.17. The van der Waals surface area contributed by atoms with E-state index in [0.29, 0.717) is 6.42 Å². The molecule has 3 rings (SSSR count). The van der Waals surface area contributed by atoms with E-state index in [4.69, 9.17) is 5.11 Å². The van der Waals surface area contributed by atoms with Crippen LogP contribution in [0.4, 0.5) is 5.69 Å². The van der Waals surface area contributed by atoms with Gasteiger partial charge >= 0.3 is 5.97 Å². The highest BCUT2D eigenvalue weighted by Gasteiger charge is 2.13. The van der Waals surface area contributed by atoms with Crippen molar-refractivity contribution in [1.29, 1.82) is 0 Å². The molecule has 4 nitrogen and oxygen atoms in total. The average Bonchev–Trinajstić information content (AvgIpc) is 3.04. The van der Waals surface area contributed by atoms with Crippen LogP contribution in [0, 0.1) is 0 Å². The van der Waals surface area contributed by atoms with Crippen LogP contribution in [0.1, 0.15) is 12.1 Å². The summed E-state index contributed by atoms with van der Waals surface area (Å²) in [4.78, 5) is 13.1. The summed E-state index contributed by atoms with van der Waals surface area (Å²) in [6, 6.07) is 20.5. The lowest BCUT2D eigenvalue weighted by Crippen LogP contribution is -2.09. The predicted octanol–water partition coefficient (Wildman–Crippen LogP) is 4.99. The second-order valence-electron chi connectivity index (χ2n) is 6.36. The van der Waals surface area contributed by atoms with Gasteiger partial charge in [0.2, 0.25) is 0 Å². The van der Waals surface area contributed by atoms with E-state index in [-0.39, 0.29) is 6.42 Å². The average molecular weight is 413 g/mol. The van der Waals surface area contributed by atoms with Crippen molar-refractivity contribution < 1.29 is 9.90 Å². The smallest absolute Gasteiger partial charge is 0.303 e. The number of hydrogen-bond donors (Lipinski definition) is 1. The number of benzene rings is 2. The third-order valence-corrected chi connectivity index (χ3v) is 4.85. The fourth-order valence-electron chi connectivity index (χ4n) is 2.96. The highest BCUT2D eigenvalue weighted by Crippen LogP contribution is 2.29. The largest absolute Gasteiger partial charge is 0.481 e. The van der Waals surface area contributed by atoms with Crippen LogP contribution in [0.2, 0.25) is 0 Å². The fraction of sp³-hybridized carbons (Fsp3) is 0.190. The molecule has 0 unspecified atom stereocenters.